The summed E-state index contributed by atoms with van der Waals surface area (Å²) in [4.78, 5) is 11.6. The molecule has 1 aliphatic heterocycles. The third kappa shape index (κ3) is 11.6. The van der Waals surface area contributed by atoms with E-state index in [2.05, 4.69) is 0 Å². The second-order valence-corrected chi connectivity index (χ2v) is 10.9. The number of carbonyl (C=O) groups excluding carboxylic acids is 1. The SMILES string of the molecule is CCCOC(=O)CCC/C=C\C[C@@H]1[C@@H](CC[C@@H](F)COc2cccc(C(F)(F)F)c2)[C@H](OC2CCCCO2)C[C@@H]1O. The van der Waals surface area contributed by atoms with Crippen LogP contribution < -0.4 is 4.74 Å². The van der Waals surface area contributed by atoms with E-state index in [1.165, 1.54) is 12.1 Å². The molecule has 1 heterocycles. The molecule has 41 heavy (non-hydrogen) atoms. The molecule has 0 amide bonds. The molecule has 10 heteroatoms. The van der Waals surface area contributed by atoms with Crippen molar-refractivity contribution in [3.63, 3.8) is 0 Å². The van der Waals surface area contributed by atoms with Gasteiger partial charge in [-0.15, -0.1) is 0 Å². The monoisotopic (exact) mass is 588 g/mol. The fourth-order valence-electron chi connectivity index (χ4n) is 5.48. The zero-order chi connectivity index (χ0) is 29.7. The zero-order valence-corrected chi connectivity index (χ0v) is 23.8. The number of benzene rings is 1. The minimum atomic E-state index is -4.50. The Bertz CT molecular complexity index is 933. The molecule has 1 N–H and O–H groups in total. The average molecular weight is 589 g/mol. The number of allylic oxidation sites excluding steroid dienone is 2. The molecule has 1 unspecified atom stereocenters. The van der Waals surface area contributed by atoms with Crippen molar-refractivity contribution in [2.24, 2.45) is 11.8 Å². The fraction of sp³-hybridized carbons (Fsp3) is 0.710. The van der Waals surface area contributed by atoms with E-state index in [4.69, 9.17) is 18.9 Å². The molecule has 1 saturated heterocycles. The third-order valence-electron chi connectivity index (χ3n) is 7.66. The van der Waals surface area contributed by atoms with E-state index in [1.54, 1.807) is 0 Å². The minimum Gasteiger partial charge on any atom is -0.491 e. The van der Waals surface area contributed by atoms with Gasteiger partial charge in [-0.2, -0.15) is 13.2 Å². The average Bonchev–Trinajstić information content (AvgIpc) is 3.24. The fourth-order valence-corrected chi connectivity index (χ4v) is 5.48. The Kier molecular flexibility index (Phi) is 13.9. The summed E-state index contributed by atoms with van der Waals surface area (Å²) < 4.78 is 76.2. The molecule has 1 aromatic carbocycles. The van der Waals surface area contributed by atoms with Crippen molar-refractivity contribution in [3.05, 3.63) is 42.0 Å². The maximum Gasteiger partial charge on any atom is 0.416 e. The van der Waals surface area contributed by atoms with Gasteiger partial charge in [0.05, 0.1) is 24.4 Å². The topological polar surface area (TPSA) is 74.2 Å². The normalized spacial score (nSPS) is 25.9. The molecule has 2 fully saturated rings. The highest BCUT2D eigenvalue weighted by Gasteiger charge is 2.43. The number of hydrogen-bond acceptors (Lipinski definition) is 6. The zero-order valence-electron chi connectivity index (χ0n) is 23.8. The molecule has 0 spiro atoms. The first-order chi connectivity index (χ1) is 19.7. The van der Waals surface area contributed by atoms with Crippen molar-refractivity contribution < 1.29 is 46.4 Å². The molecule has 1 aliphatic carbocycles. The standard InChI is InChI=1S/C31H44F4O6/c1-2-17-38-29(37)13-6-4-3-5-12-25-26(28(20-27(25)36)41-30-14-7-8-18-39-30)16-15-23(32)21-40-24-11-9-10-22(19-24)31(33,34)35/h3,5,9-11,19,23,25-28,30,36H,2,4,6-8,12-18,20-21H2,1H3/b5-3-/t23-,25-,26-,27+,28-,30?/m1/s1. The van der Waals surface area contributed by atoms with Crippen LogP contribution in [0, 0.1) is 11.8 Å². The summed E-state index contributed by atoms with van der Waals surface area (Å²) in [5, 5.41) is 10.9. The Balaban J connectivity index is 1.53. The maximum absolute atomic E-state index is 14.9. The van der Waals surface area contributed by atoms with Gasteiger partial charge in [0.1, 0.15) is 18.5 Å². The molecule has 0 radical (unpaired) electrons. The summed E-state index contributed by atoms with van der Waals surface area (Å²) in [6.45, 7) is 2.64. The van der Waals surface area contributed by atoms with Crippen molar-refractivity contribution in [2.45, 2.75) is 108 Å². The van der Waals surface area contributed by atoms with Gasteiger partial charge < -0.3 is 24.1 Å². The lowest BCUT2D eigenvalue weighted by atomic mass is 9.86. The highest BCUT2D eigenvalue weighted by molar-refractivity contribution is 5.69. The van der Waals surface area contributed by atoms with Crippen molar-refractivity contribution in [1.82, 2.24) is 0 Å². The van der Waals surface area contributed by atoms with Gasteiger partial charge in [0.2, 0.25) is 0 Å². The molecule has 3 rings (SSSR count). The van der Waals surface area contributed by atoms with E-state index in [0.29, 0.717) is 51.7 Å². The van der Waals surface area contributed by atoms with Gasteiger partial charge in [0, 0.05) is 19.4 Å². The molecule has 0 bridgehead atoms. The van der Waals surface area contributed by atoms with Crippen LogP contribution in [0.15, 0.2) is 36.4 Å². The van der Waals surface area contributed by atoms with E-state index in [1.807, 2.05) is 19.1 Å². The van der Waals surface area contributed by atoms with Gasteiger partial charge in [0.25, 0.3) is 0 Å². The second kappa shape index (κ2) is 17.1. The Hall–Kier alpha value is -2.17. The highest BCUT2D eigenvalue weighted by atomic mass is 19.4. The molecule has 1 aromatic rings. The van der Waals surface area contributed by atoms with Crippen LogP contribution in [0.1, 0.15) is 83.1 Å². The van der Waals surface area contributed by atoms with Gasteiger partial charge in [0.15, 0.2) is 6.29 Å². The third-order valence-corrected chi connectivity index (χ3v) is 7.66. The van der Waals surface area contributed by atoms with Crippen molar-refractivity contribution in [3.8, 4) is 5.75 Å². The van der Waals surface area contributed by atoms with Crippen LogP contribution in [0.2, 0.25) is 0 Å². The molecular weight excluding hydrogens is 544 g/mol. The number of esters is 1. The first-order valence-electron chi connectivity index (χ1n) is 14.9. The number of rotatable bonds is 16. The van der Waals surface area contributed by atoms with Gasteiger partial charge in [-0.1, -0.05) is 25.1 Å². The summed E-state index contributed by atoms with van der Waals surface area (Å²) in [6.07, 6.45) is 3.77. The first kappa shape index (κ1) is 33.3. The smallest absolute Gasteiger partial charge is 0.416 e. The summed E-state index contributed by atoms with van der Waals surface area (Å²) >= 11 is 0. The van der Waals surface area contributed by atoms with E-state index >= 15 is 0 Å². The number of halogens is 4. The Labute approximate surface area is 240 Å². The van der Waals surface area contributed by atoms with Gasteiger partial charge in [-0.05, 0) is 87.8 Å². The summed E-state index contributed by atoms with van der Waals surface area (Å²) in [5.41, 5.74) is -0.845. The summed E-state index contributed by atoms with van der Waals surface area (Å²) in [6, 6.07) is 4.42. The number of alkyl halides is 4. The van der Waals surface area contributed by atoms with Crippen molar-refractivity contribution in [2.75, 3.05) is 19.8 Å². The molecule has 232 valence electrons. The molecule has 6 atom stereocenters. The van der Waals surface area contributed by atoms with Gasteiger partial charge >= 0.3 is 12.1 Å². The molecule has 6 nitrogen and oxygen atoms in total. The minimum absolute atomic E-state index is 0.0314. The van der Waals surface area contributed by atoms with Crippen LogP contribution in [0.4, 0.5) is 17.6 Å². The number of aliphatic hydroxyl groups is 1. The predicted molar refractivity (Wildman–Crippen MR) is 146 cm³/mol. The van der Waals surface area contributed by atoms with Crippen molar-refractivity contribution in [1.29, 1.82) is 0 Å². The Morgan fingerprint density at radius 3 is 2.78 bits per heavy atom. The Morgan fingerprint density at radius 2 is 2.05 bits per heavy atom. The van der Waals surface area contributed by atoms with Gasteiger partial charge in [-0.25, -0.2) is 4.39 Å². The maximum atomic E-state index is 14.9. The lowest BCUT2D eigenvalue weighted by Crippen LogP contribution is -2.32. The summed E-state index contributed by atoms with van der Waals surface area (Å²) in [5.74, 6) is -0.479. The molecular formula is C31H44F4O6. The van der Waals surface area contributed by atoms with Crippen LogP contribution in [0.25, 0.3) is 0 Å². The van der Waals surface area contributed by atoms with Crippen LogP contribution >= 0.6 is 0 Å². The lowest BCUT2D eigenvalue weighted by Gasteiger charge is -2.30. The van der Waals surface area contributed by atoms with Crippen molar-refractivity contribution >= 4 is 5.97 Å². The van der Waals surface area contributed by atoms with E-state index in [9.17, 15) is 27.5 Å². The largest absolute Gasteiger partial charge is 0.491 e. The second-order valence-electron chi connectivity index (χ2n) is 10.9. The van der Waals surface area contributed by atoms with Crippen LogP contribution in [-0.4, -0.2) is 55.6 Å². The number of unbranched alkanes of at least 4 members (excludes halogenated alkanes) is 1. The summed E-state index contributed by atoms with van der Waals surface area (Å²) in [7, 11) is 0. The number of aliphatic hydroxyl groups excluding tert-OH is 1. The number of carbonyl (C=O) groups is 1. The molecule has 1 saturated carbocycles. The molecule has 2 aliphatic rings. The number of hydrogen-bond donors (Lipinski definition) is 1. The van der Waals surface area contributed by atoms with Gasteiger partial charge in [-0.3, -0.25) is 4.79 Å². The highest BCUT2D eigenvalue weighted by Crippen LogP contribution is 2.41. The predicted octanol–water partition coefficient (Wildman–Crippen LogP) is 7.18. The van der Waals surface area contributed by atoms with Crippen LogP contribution in [0.5, 0.6) is 5.75 Å². The van der Waals surface area contributed by atoms with E-state index < -0.39 is 24.0 Å². The molecule has 0 aromatic heterocycles. The Morgan fingerprint density at radius 1 is 1.22 bits per heavy atom. The first-order valence-corrected chi connectivity index (χ1v) is 14.9. The lowest BCUT2D eigenvalue weighted by molar-refractivity contribution is -0.196. The van der Waals surface area contributed by atoms with E-state index in [0.717, 1.165) is 37.8 Å². The van der Waals surface area contributed by atoms with Crippen LogP contribution in [-0.2, 0) is 25.2 Å². The number of ether oxygens (including phenoxy) is 4. The quantitative estimate of drug-likeness (QED) is 0.0955. The van der Waals surface area contributed by atoms with Crippen LogP contribution in [0.3, 0.4) is 0 Å². The van der Waals surface area contributed by atoms with E-state index in [-0.39, 0.29) is 49.0 Å².